The second-order valence-corrected chi connectivity index (χ2v) is 10.1. The lowest BCUT2D eigenvalue weighted by atomic mass is 9.96. The molecule has 4 aromatic rings. The van der Waals surface area contributed by atoms with Crippen LogP contribution in [0.3, 0.4) is 0 Å². The van der Waals surface area contributed by atoms with Gasteiger partial charge in [0, 0.05) is 66.2 Å². The highest BCUT2D eigenvalue weighted by Gasteiger charge is 2.50. The quantitative estimate of drug-likeness (QED) is 0.484. The monoisotopic (exact) mass is 473 g/mol. The van der Waals surface area contributed by atoms with Crippen molar-refractivity contribution in [1.82, 2.24) is 29.4 Å². The van der Waals surface area contributed by atoms with E-state index in [2.05, 4.69) is 20.5 Å². The van der Waals surface area contributed by atoms with Crippen LogP contribution < -0.4 is 5.32 Å². The Morgan fingerprint density at radius 1 is 1.06 bits per heavy atom. The summed E-state index contributed by atoms with van der Waals surface area (Å²) in [6.07, 6.45) is 3.82. The number of benzene rings is 1. The van der Waals surface area contributed by atoms with Gasteiger partial charge < -0.3 is 10.2 Å². The summed E-state index contributed by atoms with van der Waals surface area (Å²) in [5.74, 6) is 1.10. The van der Waals surface area contributed by atoms with Gasteiger partial charge in [0.15, 0.2) is 5.82 Å². The molecule has 0 atom stereocenters. The summed E-state index contributed by atoms with van der Waals surface area (Å²) in [6, 6.07) is 5.83. The zero-order chi connectivity index (χ0) is 24.6. The van der Waals surface area contributed by atoms with Crippen LogP contribution in [-0.4, -0.2) is 48.9 Å². The minimum absolute atomic E-state index is 0.00757. The predicted molar refractivity (Wildman–Crippen MR) is 132 cm³/mol. The molecule has 8 nitrogen and oxygen atoms in total. The molecule has 1 saturated carbocycles. The molecular weight excluding hydrogens is 445 g/mol. The fraction of sp³-hybridized carbons (Fsp3) is 0.385. The number of amides is 1. The van der Waals surface area contributed by atoms with Gasteiger partial charge in [0.1, 0.15) is 18.2 Å². The van der Waals surface area contributed by atoms with E-state index in [0.29, 0.717) is 22.8 Å². The van der Waals surface area contributed by atoms with Crippen LogP contribution in [0.4, 0.5) is 16.0 Å². The second-order valence-electron chi connectivity index (χ2n) is 10.1. The Morgan fingerprint density at radius 3 is 2.51 bits per heavy atom. The SMILES string of the molecule is Cc1nn(C)c(C)c1-c1cc2cc(Nc3cc4n(n3)CC(=O)N(C)CC43CC3)ncc2c(C)c1F. The molecule has 1 aliphatic carbocycles. The Balaban J connectivity index is 1.39. The topological polar surface area (TPSA) is 80.9 Å². The van der Waals surface area contributed by atoms with Gasteiger partial charge in [-0.15, -0.1) is 0 Å². The lowest BCUT2D eigenvalue weighted by molar-refractivity contribution is -0.130. The molecule has 4 heterocycles. The fourth-order valence-corrected chi connectivity index (χ4v) is 5.45. The average Bonchev–Trinajstić information content (AvgIpc) is 3.42. The number of hydrogen-bond acceptors (Lipinski definition) is 5. The molecule has 1 spiro atoms. The molecule has 2 aliphatic rings. The van der Waals surface area contributed by atoms with Crippen LogP contribution in [0, 0.1) is 26.6 Å². The molecule has 9 heteroatoms. The third kappa shape index (κ3) is 3.32. The molecule has 0 saturated heterocycles. The number of pyridine rings is 1. The molecule has 0 bridgehead atoms. The van der Waals surface area contributed by atoms with Gasteiger partial charge in [0.25, 0.3) is 0 Å². The van der Waals surface area contributed by atoms with Crippen molar-refractivity contribution in [3.05, 3.63) is 52.9 Å². The van der Waals surface area contributed by atoms with Crippen molar-refractivity contribution in [3.63, 3.8) is 0 Å². The molecule has 180 valence electrons. The van der Waals surface area contributed by atoms with Crippen molar-refractivity contribution >= 4 is 28.3 Å². The zero-order valence-electron chi connectivity index (χ0n) is 20.6. The molecule has 0 unspecified atom stereocenters. The number of nitrogens with one attached hydrogen (secondary N) is 1. The van der Waals surface area contributed by atoms with Crippen LogP contribution in [0.1, 0.15) is 35.5 Å². The number of anilines is 2. The Morgan fingerprint density at radius 2 is 1.83 bits per heavy atom. The maximum Gasteiger partial charge on any atom is 0.244 e. The molecule has 1 aromatic carbocycles. The van der Waals surface area contributed by atoms with E-state index in [9.17, 15) is 4.79 Å². The van der Waals surface area contributed by atoms with Gasteiger partial charge in [-0.25, -0.2) is 9.37 Å². The third-order valence-corrected chi connectivity index (χ3v) is 7.67. The molecule has 1 aliphatic heterocycles. The Kier molecular flexibility index (Phi) is 4.58. The lowest BCUT2D eigenvalue weighted by Gasteiger charge is -2.18. The fourth-order valence-electron chi connectivity index (χ4n) is 5.45. The molecule has 6 rings (SSSR count). The van der Waals surface area contributed by atoms with Gasteiger partial charge >= 0.3 is 0 Å². The first kappa shape index (κ1) is 21.8. The van der Waals surface area contributed by atoms with E-state index in [1.54, 1.807) is 17.8 Å². The van der Waals surface area contributed by atoms with Crippen molar-refractivity contribution < 1.29 is 9.18 Å². The van der Waals surface area contributed by atoms with Gasteiger partial charge in [-0.3, -0.25) is 14.2 Å². The normalized spacial score (nSPS) is 16.6. The van der Waals surface area contributed by atoms with E-state index in [0.717, 1.165) is 52.8 Å². The molecule has 35 heavy (non-hydrogen) atoms. The maximum absolute atomic E-state index is 15.4. The van der Waals surface area contributed by atoms with Crippen molar-refractivity contribution in [2.45, 2.75) is 45.6 Å². The number of aryl methyl sites for hydroxylation is 3. The average molecular weight is 474 g/mol. The first-order chi connectivity index (χ1) is 16.7. The highest BCUT2D eigenvalue weighted by Crippen LogP contribution is 2.50. The van der Waals surface area contributed by atoms with Crippen LogP contribution >= 0.6 is 0 Å². The molecule has 1 fully saturated rings. The number of carbonyl (C=O) groups is 1. The summed E-state index contributed by atoms with van der Waals surface area (Å²) in [5.41, 5.74) is 4.75. The lowest BCUT2D eigenvalue weighted by Crippen LogP contribution is -2.32. The minimum Gasteiger partial charge on any atom is -0.343 e. The second kappa shape index (κ2) is 7.37. The van der Waals surface area contributed by atoms with E-state index < -0.39 is 0 Å². The maximum atomic E-state index is 15.4. The predicted octanol–water partition coefficient (Wildman–Crippen LogP) is 4.14. The number of likely N-dealkylation sites (N-methyl/N-ethyl adjacent to an activating group) is 1. The number of halogens is 1. The molecular formula is C26H28FN7O. The van der Waals surface area contributed by atoms with Crippen molar-refractivity contribution in [2.24, 2.45) is 7.05 Å². The Labute approximate surface area is 202 Å². The standard InChI is InChI=1S/C26H28FN7O/c1-14-19-11-28-21(9-17(19)8-18(25(14)27)24-15(2)30-33(5)16(24)3)29-22-10-20-26(6-7-26)13-32(4)23(35)12-34(20)31-22/h8-11H,6-7,12-13H2,1-5H3,(H,28,29,31). The van der Waals surface area contributed by atoms with Gasteiger partial charge in [0.2, 0.25) is 5.91 Å². The molecule has 3 aromatic heterocycles. The van der Waals surface area contributed by atoms with E-state index in [4.69, 9.17) is 0 Å². The van der Waals surface area contributed by atoms with E-state index >= 15 is 4.39 Å². The van der Waals surface area contributed by atoms with Gasteiger partial charge in [0.05, 0.1) is 5.69 Å². The van der Waals surface area contributed by atoms with E-state index in [1.807, 2.05) is 55.7 Å². The Bertz CT molecular complexity index is 1530. The highest BCUT2D eigenvalue weighted by molar-refractivity contribution is 5.92. The first-order valence-corrected chi connectivity index (χ1v) is 11.9. The summed E-state index contributed by atoms with van der Waals surface area (Å²) >= 11 is 0. The number of aromatic nitrogens is 5. The number of hydrogen-bond donors (Lipinski definition) is 1. The first-order valence-electron chi connectivity index (χ1n) is 11.9. The largest absolute Gasteiger partial charge is 0.343 e. The molecule has 0 radical (unpaired) electrons. The molecule has 1 N–H and O–H groups in total. The van der Waals surface area contributed by atoms with Crippen molar-refractivity contribution in [3.8, 4) is 11.1 Å². The number of fused-ring (bicyclic) bond motifs is 3. The number of nitrogens with zero attached hydrogens (tertiary/aromatic N) is 6. The van der Waals surface area contributed by atoms with Crippen LogP contribution in [0.5, 0.6) is 0 Å². The smallest absolute Gasteiger partial charge is 0.244 e. The van der Waals surface area contributed by atoms with E-state index in [-0.39, 0.29) is 23.7 Å². The van der Waals surface area contributed by atoms with Crippen LogP contribution in [0.2, 0.25) is 0 Å². The van der Waals surface area contributed by atoms with E-state index in [1.165, 1.54) is 0 Å². The Hall–Kier alpha value is -3.75. The minimum atomic E-state index is -0.249. The zero-order valence-corrected chi connectivity index (χ0v) is 20.6. The van der Waals surface area contributed by atoms with Crippen molar-refractivity contribution in [1.29, 1.82) is 0 Å². The van der Waals surface area contributed by atoms with Crippen LogP contribution in [0.25, 0.3) is 21.9 Å². The van der Waals surface area contributed by atoms with Gasteiger partial charge in [-0.2, -0.15) is 10.2 Å². The summed E-state index contributed by atoms with van der Waals surface area (Å²) in [6.45, 7) is 6.61. The van der Waals surface area contributed by atoms with Crippen molar-refractivity contribution in [2.75, 3.05) is 18.9 Å². The summed E-state index contributed by atoms with van der Waals surface area (Å²) < 4.78 is 19.0. The highest BCUT2D eigenvalue weighted by atomic mass is 19.1. The summed E-state index contributed by atoms with van der Waals surface area (Å²) in [5, 5.41) is 14.1. The van der Waals surface area contributed by atoms with Gasteiger partial charge in [-0.1, -0.05) is 0 Å². The summed E-state index contributed by atoms with van der Waals surface area (Å²) in [7, 11) is 3.73. The van der Waals surface area contributed by atoms with Crippen LogP contribution in [0.15, 0.2) is 24.4 Å². The van der Waals surface area contributed by atoms with Crippen LogP contribution in [-0.2, 0) is 23.8 Å². The summed E-state index contributed by atoms with van der Waals surface area (Å²) in [4.78, 5) is 18.8. The third-order valence-electron chi connectivity index (χ3n) is 7.67. The van der Waals surface area contributed by atoms with Gasteiger partial charge in [-0.05, 0) is 56.7 Å². The molecule has 1 amide bonds. The number of rotatable bonds is 3. The number of carbonyl (C=O) groups excluding carboxylic acids is 1.